The number of hydrogen-bond donors (Lipinski definition) is 2. The molecule has 3 aromatic heterocycles. The van der Waals surface area contributed by atoms with E-state index in [1.165, 1.54) is 12.3 Å². The Morgan fingerprint density at radius 2 is 1.80 bits per heavy atom. The van der Waals surface area contributed by atoms with Gasteiger partial charge in [0.15, 0.2) is 5.82 Å². The molecule has 2 aromatic carbocycles. The van der Waals surface area contributed by atoms with Crippen LogP contribution in [-0.4, -0.2) is 43.7 Å². The zero-order valence-corrected chi connectivity index (χ0v) is 23.7. The van der Waals surface area contributed by atoms with Crippen LogP contribution in [0.5, 0.6) is 0 Å². The normalized spacial score (nSPS) is 12.6. The van der Waals surface area contributed by atoms with Crippen LogP contribution in [0.2, 0.25) is 5.02 Å². The quantitative estimate of drug-likeness (QED) is 0.191. The fourth-order valence-corrected chi connectivity index (χ4v) is 5.48. The first-order chi connectivity index (χ1) is 19.5. The smallest absolute Gasteiger partial charge is 0.249 e. The van der Waals surface area contributed by atoms with E-state index in [0.717, 1.165) is 12.3 Å². The van der Waals surface area contributed by atoms with Gasteiger partial charge in [0.1, 0.15) is 23.6 Å². The number of rotatable bonds is 8. The van der Waals surface area contributed by atoms with Gasteiger partial charge >= 0.3 is 0 Å². The molecule has 0 saturated heterocycles. The monoisotopic (exact) mass is 596 g/mol. The van der Waals surface area contributed by atoms with Crippen LogP contribution in [0.3, 0.4) is 0 Å². The van der Waals surface area contributed by atoms with E-state index in [4.69, 9.17) is 11.6 Å². The van der Waals surface area contributed by atoms with Gasteiger partial charge in [0.05, 0.1) is 45.7 Å². The summed E-state index contributed by atoms with van der Waals surface area (Å²) in [7, 11) is -0.934. The van der Waals surface area contributed by atoms with E-state index in [2.05, 4.69) is 49.7 Å². The molecular formula is C28H24ClF3N8S. The van der Waals surface area contributed by atoms with Gasteiger partial charge in [0.25, 0.3) is 0 Å². The summed E-state index contributed by atoms with van der Waals surface area (Å²) in [5.41, 5.74) is 2.17. The van der Waals surface area contributed by atoms with E-state index < -0.39 is 33.7 Å². The van der Waals surface area contributed by atoms with E-state index in [1.54, 1.807) is 41.2 Å². The Hall–Kier alpha value is -4.34. The van der Waals surface area contributed by atoms with Gasteiger partial charge in [-0.25, -0.2) is 28.5 Å². The second kappa shape index (κ2) is 11.3. The predicted molar refractivity (Wildman–Crippen MR) is 156 cm³/mol. The summed E-state index contributed by atoms with van der Waals surface area (Å²) < 4.78 is 44.1. The molecule has 0 bridgehead atoms. The van der Waals surface area contributed by atoms with Gasteiger partial charge in [-0.15, -0.1) is 5.10 Å². The van der Waals surface area contributed by atoms with Crippen molar-refractivity contribution < 1.29 is 13.2 Å². The molecule has 210 valence electrons. The summed E-state index contributed by atoms with van der Waals surface area (Å²) in [4.78, 5) is 7.71. The molecule has 3 heterocycles. The molecule has 0 amide bonds. The van der Waals surface area contributed by atoms with E-state index in [1.807, 2.05) is 6.07 Å². The first-order valence-electron chi connectivity index (χ1n) is 12.2. The van der Waals surface area contributed by atoms with Gasteiger partial charge in [-0.2, -0.15) is 9.65 Å². The van der Waals surface area contributed by atoms with Gasteiger partial charge in [-0.05, 0) is 37.0 Å². The van der Waals surface area contributed by atoms with Gasteiger partial charge in [0.2, 0.25) is 5.95 Å². The Balaban J connectivity index is 1.60. The molecule has 5 rings (SSSR count). The van der Waals surface area contributed by atoms with Gasteiger partial charge in [0, 0.05) is 28.9 Å². The van der Waals surface area contributed by atoms with Crippen LogP contribution in [0, 0.1) is 28.9 Å². The highest BCUT2D eigenvalue weighted by molar-refractivity contribution is 8.31. The van der Waals surface area contributed by atoms with Crippen LogP contribution in [0.1, 0.15) is 22.9 Å². The molecule has 1 atom stereocenters. The first kappa shape index (κ1) is 28.2. The predicted octanol–water partition coefficient (Wildman–Crippen LogP) is 6.76. The zero-order chi connectivity index (χ0) is 29.3. The lowest BCUT2D eigenvalue weighted by atomic mass is 10.0. The Kier molecular flexibility index (Phi) is 7.75. The Labute approximate surface area is 240 Å². The van der Waals surface area contributed by atoms with Crippen molar-refractivity contribution >= 4 is 49.6 Å². The number of benzene rings is 2. The van der Waals surface area contributed by atoms with Crippen molar-refractivity contribution in [3.63, 3.8) is 0 Å². The van der Waals surface area contributed by atoms with Crippen molar-refractivity contribution in [2.75, 3.05) is 29.4 Å². The van der Waals surface area contributed by atoms with Gasteiger partial charge in [-0.1, -0.05) is 35.0 Å². The van der Waals surface area contributed by atoms with Crippen molar-refractivity contribution in [3.05, 3.63) is 100 Å². The lowest BCUT2D eigenvalue weighted by molar-refractivity contribution is 0.480. The van der Waals surface area contributed by atoms with E-state index in [-0.39, 0.29) is 22.0 Å². The third kappa shape index (κ3) is 6.21. The summed E-state index contributed by atoms with van der Waals surface area (Å²) in [6.07, 6.45) is 10.7. The lowest BCUT2D eigenvalue weighted by Crippen LogP contribution is -2.15. The number of hydrogen-bond acceptors (Lipinski definition) is 7. The standard InChI is InChI=1S/C28H24ClF3N8S/c1-41(2,3)15-40-14-24(38-39-40)27(19-6-4-5-7-22(19)30)36-17-8-20-25(37-18-10-23(31)28(32)35-13-18)16(11-33)12-34-26(20)21(29)9-17/h4-10,12-14,27,36H,15H2,1-3H3,(H,34,37)/t27-/m0/s1. The molecule has 0 aliphatic rings. The Bertz CT molecular complexity index is 1800. The topological polar surface area (TPSA) is 104 Å². The summed E-state index contributed by atoms with van der Waals surface area (Å²) in [5.74, 6) is -2.15. The number of pyridine rings is 2. The molecule has 0 saturated carbocycles. The molecule has 0 unspecified atom stereocenters. The van der Waals surface area contributed by atoms with Crippen LogP contribution in [-0.2, 0) is 5.88 Å². The molecule has 41 heavy (non-hydrogen) atoms. The molecule has 2 N–H and O–H groups in total. The number of fused-ring (bicyclic) bond motifs is 1. The van der Waals surface area contributed by atoms with Crippen LogP contribution < -0.4 is 10.6 Å². The molecular weight excluding hydrogens is 573 g/mol. The Morgan fingerprint density at radius 3 is 2.51 bits per heavy atom. The van der Waals surface area contributed by atoms with Gasteiger partial charge in [-0.3, -0.25) is 4.98 Å². The summed E-state index contributed by atoms with van der Waals surface area (Å²) in [5, 5.41) is 25.3. The molecule has 5 aromatic rings. The number of nitrogens with zero attached hydrogens (tertiary/aromatic N) is 6. The second-order valence-corrected chi connectivity index (χ2v) is 15.0. The van der Waals surface area contributed by atoms with Crippen LogP contribution in [0.25, 0.3) is 10.9 Å². The third-order valence-electron chi connectivity index (χ3n) is 6.01. The number of nitriles is 1. The first-order valence-corrected chi connectivity index (χ1v) is 15.6. The number of halogens is 4. The van der Waals surface area contributed by atoms with E-state index >= 15 is 4.39 Å². The highest BCUT2D eigenvalue weighted by Gasteiger charge is 2.23. The fourth-order valence-electron chi connectivity index (χ4n) is 4.29. The highest BCUT2D eigenvalue weighted by Crippen LogP contribution is 2.38. The fraction of sp³-hybridized carbons (Fsp3) is 0.179. The lowest BCUT2D eigenvalue weighted by Gasteiger charge is -2.24. The largest absolute Gasteiger partial charge is 0.373 e. The molecule has 0 spiro atoms. The number of anilines is 3. The minimum Gasteiger partial charge on any atom is -0.373 e. The van der Waals surface area contributed by atoms with E-state index in [9.17, 15) is 14.0 Å². The summed E-state index contributed by atoms with van der Waals surface area (Å²) in [6, 6.07) is 11.9. The van der Waals surface area contributed by atoms with Crippen molar-refractivity contribution in [3.8, 4) is 6.07 Å². The summed E-state index contributed by atoms with van der Waals surface area (Å²) >= 11 is 6.62. The van der Waals surface area contributed by atoms with Crippen LogP contribution in [0.4, 0.5) is 30.2 Å². The maximum atomic E-state index is 15.1. The molecule has 0 fully saturated rings. The SMILES string of the molecule is CS(C)(C)Cn1cc([C@@H](Nc2cc(Cl)c3ncc(C#N)c(Nc4cnc(F)c(F)c4)c3c2)c2ccccc2F)nn1. The minimum atomic E-state index is -1.25. The van der Waals surface area contributed by atoms with Crippen molar-refractivity contribution in [1.29, 1.82) is 5.26 Å². The minimum absolute atomic E-state index is 0.115. The molecule has 0 aliphatic heterocycles. The third-order valence-corrected chi connectivity index (χ3v) is 7.34. The molecule has 13 heteroatoms. The van der Waals surface area contributed by atoms with Crippen molar-refractivity contribution in [1.82, 2.24) is 25.0 Å². The second-order valence-electron chi connectivity index (χ2n) is 10.1. The van der Waals surface area contributed by atoms with Crippen molar-refractivity contribution in [2.45, 2.75) is 11.9 Å². The number of aromatic nitrogens is 5. The molecule has 8 nitrogen and oxygen atoms in total. The maximum Gasteiger partial charge on any atom is 0.249 e. The molecule has 0 radical (unpaired) electrons. The summed E-state index contributed by atoms with van der Waals surface area (Å²) in [6.45, 7) is 0. The average molecular weight is 597 g/mol. The van der Waals surface area contributed by atoms with Crippen LogP contribution >= 0.6 is 21.6 Å². The zero-order valence-electron chi connectivity index (χ0n) is 22.2. The Morgan fingerprint density at radius 1 is 1.02 bits per heavy atom. The van der Waals surface area contributed by atoms with Gasteiger partial charge < -0.3 is 10.6 Å². The highest BCUT2D eigenvalue weighted by atomic mass is 35.5. The average Bonchev–Trinajstić information content (AvgIpc) is 3.37. The maximum absolute atomic E-state index is 15.1. The number of nitrogens with one attached hydrogen (secondary N) is 2. The van der Waals surface area contributed by atoms with E-state index in [0.29, 0.717) is 33.7 Å². The van der Waals surface area contributed by atoms with Crippen LogP contribution in [0.15, 0.2) is 61.1 Å². The molecule has 0 aliphatic carbocycles. The van der Waals surface area contributed by atoms with Crippen molar-refractivity contribution in [2.24, 2.45) is 0 Å².